The lowest BCUT2D eigenvalue weighted by Gasteiger charge is -2.41. The lowest BCUT2D eigenvalue weighted by molar-refractivity contribution is -0.140. The number of hydrogen-bond donors (Lipinski definition) is 2. The molecule has 0 aromatic carbocycles. The van der Waals surface area contributed by atoms with E-state index in [0.29, 0.717) is 13.0 Å². The normalized spacial score (nSPS) is 26.4. The van der Waals surface area contributed by atoms with Crippen LogP contribution in [0.2, 0.25) is 0 Å². The lowest BCUT2D eigenvalue weighted by Crippen LogP contribution is -2.66. The average Bonchev–Trinajstić information content (AvgIpc) is 2.46. The second-order valence-corrected chi connectivity index (χ2v) is 7.34. The summed E-state index contributed by atoms with van der Waals surface area (Å²) in [7, 11) is 0. The summed E-state index contributed by atoms with van der Waals surface area (Å²) >= 11 is 0. The maximum absolute atomic E-state index is 13.0. The van der Waals surface area contributed by atoms with Crippen molar-refractivity contribution < 1.29 is 14.3 Å². The van der Waals surface area contributed by atoms with Gasteiger partial charge >= 0.3 is 6.09 Å². The third kappa shape index (κ3) is 4.35. The van der Waals surface area contributed by atoms with E-state index in [1.54, 1.807) is 0 Å². The molecule has 0 radical (unpaired) electrons. The Morgan fingerprint density at radius 3 is 2.36 bits per heavy atom. The number of carbonyl (C=O) groups excluding carboxylic acids is 2. The minimum absolute atomic E-state index is 0.0326. The molecule has 2 aliphatic heterocycles. The van der Waals surface area contributed by atoms with Crippen LogP contribution >= 0.6 is 0 Å². The van der Waals surface area contributed by atoms with Crippen LogP contribution in [-0.2, 0) is 9.53 Å². The van der Waals surface area contributed by atoms with E-state index >= 15 is 0 Å². The predicted octanol–water partition coefficient (Wildman–Crippen LogP) is 1.65. The van der Waals surface area contributed by atoms with Gasteiger partial charge in [-0.05, 0) is 59.4 Å². The number of ether oxygens (including phenoxy) is 1. The fraction of sp³-hybridized carbons (Fsp3) is 0.875. The van der Waals surface area contributed by atoms with Crippen molar-refractivity contribution in [3.8, 4) is 0 Å². The predicted molar refractivity (Wildman–Crippen MR) is 84.6 cm³/mol. The average molecular weight is 311 g/mol. The van der Waals surface area contributed by atoms with Crippen LogP contribution in [0.15, 0.2) is 0 Å². The number of likely N-dealkylation sites (tertiary alicyclic amines) is 1. The van der Waals surface area contributed by atoms with Gasteiger partial charge in [-0.3, -0.25) is 4.79 Å². The van der Waals surface area contributed by atoms with Gasteiger partial charge in [0, 0.05) is 19.6 Å². The summed E-state index contributed by atoms with van der Waals surface area (Å²) in [6.07, 6.45) is 4.28. The topological polar surface area (TPSA) is 70.7 Å². The van der Waals surface area contributed by atoms with Gasteiger partial charge in [0.05, 0.1) is 0 Å². The Bertz CT molecular complexity index is 405. The van der Waals surface area contributed by atoms with Crippen LogP contribution < -0.4 is 10.6 Å². The van der Waals surface area contributed by atoms with Gasteiger partial charge in [-0.15, -0.1) is 0 Å². The number of nitrogens with zero attached hydrogens (tertiary/aromatic N) is 1. The Labute approximate surface area is 132 Å². The van der Waals surface area contributed by atoms with Gasteiger partial charge in [0.2, 0.25) is 5.91 Å². The van der Waals surface area contributed by atoms with Crippen molar-refractivity contribution in [2.24, 2.45) is 0 Å². The molecule has 0 spiro atoms. The second-order valence-electron chi connectivity index (χ2n) is 7.34. The quantitative estimate of drug-likeness (QED) is 0.813. The zero-order valence-corrected chi connectivity index (χ0v) is 14.0. The van der Waals surface area contributed by atoms with Gasteiger partial charge in [0.15, 0.2) is 0 Å². The third-order valence-electron chi connectivity index (χ3n) is 4.18. The smallest absolute Gasteiger partial charge is 0.408 e. The molecule has 0 bridgehead atoms. The van der Waals surface area contributed by atoms with Gasteiger partial charge in [-0.2, -0.15) is 0 Å². The maximum Gasteiger partial charge on any atom is 0.408 e. The van der Waals surface area contributed by atoms with Gasteiger partial charge in [0.1, 0.15) is 11.1 Å². The molecule has 2 amide bonds. The molecule has 126 valence electrons. The van der Waals surface area contributed by atoms with E-state index in [-0.39, 0.29) is 5.91 Å². The van der Waals surface area contributed by atoms with Gasteiger partial charge in [-0.25, -0.2) is 4.79 Å². The van der Waals surface area contributed by atoms with Gasteiger partial charge < -0.3 is 20.3 Å². The van der Waals surface area contributed by atoms with Crippen LogP contribution in [0.5, 0.6) is 0 Å². The zero-order chi connectivity index (χ0) is 16.2. The van der Waals surface area contributed by atoms with Crippen LogP contribution in [0.25, 0.3) is 0 Å². The van der Waals surface area contributed by atoms with E-state index in [2.05, 4.69) is 10.6 Å². The highest BCUT2D eigenvalue weighted by atomic mass is 16.6. The largest absolute Gasteiger partial charge is 0.444 e. The van der Waals surface area contributed by atoms with Gasteiger partial charge in [0.25, 0.3) is 0 Å². The number of piperidine rings is 2. The molecule has 0 aliphatic carbocycles. The van der Waals surface area contributed by atoms with E-state index in [1.807, 2.05) is 25.7 Å². The van der Waals surface area contributed by atoms with Crippen LogP contribution in [-0.4, -0.2) is 54.2 Å². The van der Waals surface area contributed by atoms with Crippen molar-refractivity contribution >= 4 is 12.0 Å². The number of alkyl carbamates (subject to hydrolysis) is 1. The molecule has 1 unspecified atom stereocenters. The third-order valence-corrected chi connectivity index (χ3v) is 4.18. The van der Waals surface area contributed by atoms with Crippen molar-refractivity contribution in [2.75, 3.05) is 26.2 Å². The molecule has 2 saturated heterocycles. The lowest BCUT2D eigenvalue weighted by atomic mass is 9.88. The first-order valence-corrected chi connectivity index (χ1v) is 8.34. The van der Waals surface area contributed by atoms with Crippen LogP contribution in [0.3, 0.4) is 0 Å². The van der Waals surface area contributed by atoms with Crippen molar-refractivity contribution in [3.63, 3.8) is 0 Å². The standard InChI is InChI=1S/C16H29N3O3/c1-15(2,3)22-14(21)18-16(8-7-9-17-12-16)13(20)19-10-5-4-6-11-19/h17H,4-12H2,1-3H3,(H,18,21). The van der Waals surface area contributed by atoms with E-state index < -0.39 is 17.2 Å². The first-order chi connectivity index (χ1) is 10.3. The molecule has 2 fully saturated rings. The summed E-state index contributed by atoms with van der Waals surface area (Å²) in [4.78, 5) is 27.1. The number of nitrogens with one attached hydrogen (secondary N) is 2. The SMILES string of the molecule is CC(C)(C)OC(=O)NC1(C(=O)N2CCCCC2)CCCNC1. The molecule has 2 rings (SSSR count). The maximum atomic E-state index is 13.0. The summed E-state index contributed by atoms with van der Waals surface area (Å²) < 4.78 is 5.35. The number of amides is 2. The highest BCUT2D eigenvalue weighted by molar-refractivity contribution is 5.90. The molecule has 2 aliphatic rings. The first-order valence-electron chi connectivity index (χ1n) is 8.34. The van der Waals surface area contributed by atoms with E-state index in [4.69, 9.17) is 4.74 Å². The molecule has 0 saturated carbocycles. The van der Waals surface area contributed by atoms with E-state index in [1.165, 1.54) is 6.42 Å². The minimum Gasteiger partial charge on any atom is -0.444 e. The summed E-state index contributed by atoms with van der Waals surface area (Å²) in [6, 6.07) is 0. The highest BCUT2D eigenvalue weighted by Gasteiger charge is 2.44. The van der Waals surface area contributed by atoms with Crippen LogP contribution in [0.1, 0.15) is 52.9 Å². The molecular formula is C16H29N3O3. The van der Waals surface area contributed by atoms with Crippen molar-refractivity contribution in [3.05, 3.63) is 0 Å². The fourth-order valence-corrected chi connectivity index (χ4v) is 3.15. The van der Waals surface area contributed by atoms with E-state index in [9.17, 15) is 9.59 Å². The number of rotatable bonds is 2. The Hall–Kier alpha value is -1.30. The molecule has 0 aromatic rings. The summed E-state index contributed by atoms with van der Waals surface area (Å²) in [5.41, 5.74) is -1.43. The molecule has 2 heterocycles. The Morgan fingerprint density at radius 2 is 1.82 bits per heavy atom. The summed E-state index contributed by atoms with van der Waals surface area (Å²) in [5.74, 6) is 0.0326. The summed E-state index contributed by atoms with van der Waals surface area (Å²) in [5, 5.41) is 6.12. The fourth-order valence-electron chi connectivity index (χ4n) is 3.15. The second kappa shape index (κ2) is 6.86. The highest BCUT2D eigenvalue weighted by Crippen LogP contribution is 2.23. The number of carbonyl (C=O) groups is 2. The van der Waals surface area contributed by atoms with Gasteiger partial charge in [-0.1, -0.05) is 0 Å². The molecule has 22 heavy (non-hydrogen) atoms. The Kier molecular flexibility index (Phi) is 5.32. The molecule has 1 atom stereocenters. The molecule has 6 heteroatoms. The van der Waals surface area contributed by atoms with Crippen molar-refractivity contribution in [2.45, 2.75) is 64.0 Å². The Morgan fingerprint density at radius 1 is 1.14 bits per heavy atom. The zero-order valence-electron chi connectivity index (χ0n) is 14.0. The van der Waals surface area contributed by atoms with Crippen molar-refractivity contribution in [1.29, 1.82) is 0 Å². The minimum atomic E-state index is -0.863. The molecular weight excluding hydrogens is 282 g/mol. The van der Waals surface area contributed by atoms with Crippen molar-refractivity contribution in [1.82, 2.24) is 15.5 Å². The monoisotopic (exact) mass is 311 g/mol. The van der Waals surface area contributed by atoms with Crippen LogP contribution in [0, 0.1) is 0 Å². The molecule has 0 aromatic heterocycles. The van der Waals surface area contributed by atoms with E-state index in [0.717, 1.165) is 38.9 Å². The molecule has 2 N–H and O–H groups in total. The molecule has 6 nitrogen and oxygen atoms in total. The Balaban J connectivity index is 2.09. The summed E-state index contributed by atoms with van der Waals surface area (Å²) in [6.45, 7) is 8.40. The number of hydrogen-bond acceptors (Lipinski definition) is 4. The first kappa shape index (κ1) is 17.1. The van der Waals surface area contributed by atoms with Crippen LogP contribution in [0.4, 0.5) is 4.79 Å².